The Hall–Kier alpha value is -0.0800. The van der Waals surface area contributed by atoms with Gasteiger partial charge in [0, 0.05) is 4.75 Å². The summed E-state index contributed by atoms with van der Waals surface area (Å²) in [5.74, 6) is 0.861. The number of hydrogen-bond acceptors (Lipinski definition) is 2. The first-order chi connectivity index (χ1) is 7.28. The lowest BCUT2D eigenvalue weighted by Gasteiger charge is -2.17. The van der Waals surface area contributed by atoms with E-state index in [0.29, 0.717) is 0 Å². The largest absolute Gasteiger partial charge is 0.179 e. The average molecular weight is 256 g/mol. The lowest BCUT2D eigenvalue weighted by Crippen LogP contribution is -2.13. The van der Waals surface area contributed by atoms with E-state index in [0.717, 1.165) is 12.2 Å². The molecule has 0 N–H and O–H groups in total. The molecular weight excluding hydrogens is 232 g/mol. The predicted octanol–water partition coefficient (Wildman–Crippen LogP) is 4.85. The highest BCUT2D eigenvalue weighted by Gasteiger charge is 2.12. The van der Waals surface area contributed by atoms with E-state index in [4.69, 9.17) is 0 Å². The van der Waals surface area contributed by atoms with Crippen LogP contribution in [0.2, 0.25) is 0 Å². The number of thiol groups is 2. The lowest BCUT2D eigenvalue weighted by molar-refractivity contribution is 0.771. The summed E-state index contributed by atoms with van der Waals surface area (Å²) < 4.78 is -0.0612. The van der Waals surface area contributed by atoms with Crippen LogP contribution in [0, 0.1) is 0 Å². The van der Waals surface area contributed by atoms with Crippen molar-refractivity contribution in [3.05, 3.63) is 34.9 Å². The molecule has 0 spiro atoms. The molecule has 2 heteroatoms. The summed E-state index contributed by atoms with van der Waals surface area (Å²) in [7, 11) is 0. The van der Waals surface area contributed by atoms with Gasteiger partial charge in [0.1, 0.15) is 0 Å². The SMILES string of the molecule is CC(C)=C/C(C)=C(C)\C=C/C(C)(S)CCS. The summed E-state index contributed by atoms with van der Waals surface area (Å²) in [5.41, 5.74) is 3.93. The molecule has 0 aliphatic heterocycles. The van der Waals surface area contributed by atoms with Crippen LogP contribution >= 0.6 is 25.3 Å². The molecule has 0 aliphatic rings. The molecule has 0 nitrogen and oxygen atoms in total. The number of allylic oxidation sites excluding steroid dienone is 5. The van der Waals surface area contributed by atoms with Gasteiger partial charge >= 0.3 is 0 Å². The summed E-state index contributed by atoms with van der Waals surface area (Å²) >= 11 is 8.85. The van der Waals surface area contributed by atoms with Crippen LogP contribution in [-0.4, -0.2) is 10.5 Å². The average Bonchev–Trinajstić information content (AvgIpc) is 2.13. The maximum Gasteiger partial charge on any atom is 0.0291 e. The highest BCUT2D eigenvalue weighted by atomic mass is 32.1. The summed E-state index contributed by atoms with van der Waals surface area (Å²) in [6.07, 6.45) is 7.49. The van der Waals surface area contributed by atoms with E-state index in [9.17, 15) is 0 Å². The van der Waals surface area contributed by atoms with E-state index in [1.807, 2.05) is 0 Å². The minimum absolute atomic E-state index is 0.0612. The van der Waals surface area contributed by atoms with Crippen LogP contribution in [0.1, 0.15) is 41.0 Å². The zero-order valence-corrected chi connectivity index (χ0v) is 12.8. The van der Waals surface area contributed by atoms with Crippen LogP contribution in [0.4, 0.5) is 0 Å². The molecule has 0 amide bonds. The van der Waals surface area contributed by atoms with E-state index in [-0.39, 0.29) is 4.75 Å². The van der Waals surface area contributed by atoms with Crippen LogP contribution in [0.5, 0.6) is 0 Å². The van der Waals surface area contributed by atoms with Crippen molar-refractivity contribution < 1.29 is 0 Å². The minimum Gasteiger partial charge on any atom is -0.179 e. The Labute approximate surface area is 112 Å². The molecule has 0 aliphatic carbocycles. The van der Waals surface area contributed by atoms with Gasteiger partial charge in [0.25, 0.3) is 0 Å². The van der Waals surface area contributed by atoms with Crippen LogP contribution in [0.3, 0.4) is 0 Å². The van der Waals surface area contributed by atoms with Crippen molar-refractivity contribution in [2.75, 3.05) is 5.75 Å². The monoisotopic (exact) mass is 256 g/mol. The van der Waals surface area contributed by atoms with E-state index in [1.54, 1.807) is 0 Å². The molecule has 16 heavy (non-hydrogen) atoms. The van der Waals surface area contributed by atoms with Crippen LogP contribution < -0.4 is 0 Å². The third-order valence-electron chi connectivity index (χ3n) is 2.44. The van der Waals surface area contributed by atoms with Crippen LogP contribution in [0.25, 0.3) is 0 Å². The summed E-state index contributed by atoms with van der Waals surface area (Å²) in [6, 6.07) is 0. The Morgan fingerprint density at radius 3 is 2.12 bits per heavy atom. The van der Waals surface area contributed by atoms with E-state index in [2.05, 4.69) is 78.1 Å². The fourth-order valence-corrected chi connectivity index (χ4v) is 2.12. The Morgan fingerprint density at radius 2 is 1.69 bits per heavy atom. The summed E-state index contributed by atoms with van der Waals surface area (Å²) in [6.45, 7) is 10.6. The molecule has 0 rings (SSSR count). The van der Waals surface area contributed by atoms with Gasteiger partial charge in [-0.1, -0.05) is 23.8 Å². The fourth-order valence-electron chi connectivity index (χ4n) is 1.29. The molecule has 0 aromatic rings. The molecular formula is C14H24S2. The third-order valence-corrected chi connectivity index (χ3v) is 3.03. The second kappa shape index (κ2) is 7.29. The van der Waals surface area contributed by atoms with Crippen LogP contribution in [0.15, 0.2) is 34.9 Å². The van der Waals surface area contributed by atoms with Gasteiger partial charge in [0.05, 0.1) is 0 Å². The topological polar surface area (TPSA) is 0 Å². The molecule has 92 valence electrons. The molecule has 0 aromatic carbocycles. The lowest BCUT2D eigenvalue weighted by atomic mass is 10.0. The van der Waals surface area contributed by atoms with Crippen molar-refractivity contribution in [3.8, 4) is 0 Å². The van der Waals surface area contributed by atoms with Crippen molar-refractivity contribution >= 4 is 25.3 Å². The van der Waals surface area contributed by atoms with E-state index >= 15 is 0 Å². The Kier molecular flexibility index (Phi) is 7.25. The molecule has 1 atom stereocenters. The van der Waals surface area contributed by atoms with E-state index in [1.165, 1.54) is 16.7 Å². The highest BCUT2D eigenvalue weighted by molar-refractivity contribution is 7.82. The first-order valence-electron chi connectivity index (χ1n) is 5.63. The van der Waals surface area contributed by atoms with Gasteiger partial charge in [0.2, 0.25) is 0 Å². The number of rotatable bonds is 5. The quantitative estimate of drug-likeness (QED) is 0.510. The first kappa shape index (κ1) is 15.9. The van der Waals surface area contributed by atoms with Gasteiger partial charge in [-0.15, -0.1) is 0 Å². The van der Waals surface area contributed by atoms with Crippen molar-refractivity contribution in [2.45, 2.75) is 45.8 Å². The molecule has 0 saturated heterocycles. The van der Waals surface area contributed by atoms with Gasteiger partial charge in [0.15, 0.2) is 0 Å². The molecule has 1 unspecified atom stereocenters. The van der Waals surface area contributed by atoms with Crippen LogP contribution in [-0.2, 0) is 0 Å². The Bertz CT molecular complexity index is 303. The summed E-state index contributed by atoms with van der Waals surface area (Å²) in [5, 5.41) is 0. The zero-order valence-electron chi connectivity index (χ0n) is 11.0. The minimum atomic E-state index is -0.0612. The Balaban J connectivity index is 4.72. The van der Waals surface area contributed by atoms with Crippen molar-refractivity contribution in [3.63, 3.8) is 0 Å². The van der Waals surface area contributed by atoms with Crippen molar-refractivity contribution in [1.29, 1.82) is 0 Å². The van der Waals surface area contributed by atoms with Crippen molar-refractivity contribution in [1.82, 2.24) is 0 Å². The third kappa shape index (κ3) is 7.24. The zero-order chi connectivity index (χ0) is 12.8. The standard InChI is InChI=1S/C14H24S2/c1-11(2)10-13(4)12(3)6-7-14(5,16)8-9-15/h6-7,10,15-16H,8-9H2,1-5H3/b7-6-,13-12-. The van der Waals surface area contributed by atoms with E-state index < -0.39 is 0 Å². The predicted molar refractivity (Wildman–Crippen MR) is 82.8 cm³/mol. The highest BCUT2D eigenvalue weighted by Crippen LogP contribution is 2.22. The summed E-state index contributed by atoms with van der Waals surface area (Å²) in [4.78, 5) is 0. The maximum atomic E-state index is 4.61. The van der Waals surface area contributed by atoms with Gasteiger partial charge in [-0.3, -0.25) is 0 Å². The second-order valence-corrected chi connectivity index (χ2v) is 6.22. The molecule has 0 saturated carbocycles. The van der Waals surface area contributed by atoms with Gasteiger partial charge < -0.3 is 0 Å². The first-order valence-corrected chi connectivity index (χ1v) is 6.71. The van der Waals surface area contributed by atoms with Gasteiger partial charge in [-0.25, -0.2) is 0 Å². The Morgan fingerprint density at radius 1 is 1.12 bits per heavy atom. The number of hydrogen-bond donors (Lipinski definition) is 2. The molecule has 0 aromatic heterocycles. The molecule has 0 fully saturated rings. The van der Waals surface area contributed by atoms with Gasteiger partial charge in [-0.05, 0) is 57.9 Å². The molecule has 0 heterocycles. The second-order valence-electron chi connectivity index (χ2n) is 4.75. The van der Waals surface area contributed by atoms with Gasteiger partial charge in [-0.2, -0.15) is 25.3 Å². The molecule has 0 radical (unpaired) electrons. The maximum absolute atomic E-state index is 4.61. The molecule has 0 bridgehead atoms. The smallest absolute Gasteiger partial charge is 0.0291 e. The normalized spacial score (nSPS) is 16.9. The van der Waals surface area contributed by atoms with Crippen molar-refractivity contribution in [2.24, 2.45) is 0 Å². The fraction of sp³-hybridized carbons (Fsp3) is 0.571.